The highest BCUT2D eigenvalue weighted by Gasteiger charge is 2.16. The highest BCUT2D eigenvalue weighted by atomic mass is 127. The van der Waals surface area contributed by atoms with Crippen LogP contribution in [0.4, 0.5) is 5.69 Å². The lowest BCUT2D eigenvalue weighted by molar-refractivity contribution is -0.118. The molecule has 4 rings (SSSR count). The Labute approximate surface area is 237 Å². The molecular weight excluding hydrogens is 647 g/mol. The van der Waals surface area contributed by atoms with Crippen LogP contribution in [0.2, 0.25) is 0 Å². The predicted octanol–water partition coefficient (Wildman–Crippen LogP) is 6.49. The van der Waals surface area contributed by atoms with Gasteiger partial charge in [0.2, 0.25) is 0 Å². The van der Waals surface area contributed by atoms with E-state index in [1.807, 2.05) is 62.4 Å². The molecule has 7 nitrogen and oxygen atoms in total. The van der Waals surface area contributed by atoms with Gasteiger partial charge in [-0.2, -0.15) is 9.78 Å². The van der Waals surface area contributed by atoms with Crippen LogP contribution in [0, 0.1) is 10.5 Å². The summed E-state index contributed by atoms with van der Waals surface area (Å²) < 4.78 is 8.73. The van der Waals surface area contributed by atoms with Crippen molar-refractivity contribution in [2.75, 3.05) is 11.9 Å². The van der Waals surface area contributed by atoms with E-state index in [1.54, 1.807) is 18.3 Å². The number of nitrogens with one attached hydrogen (secondary N) is 1. The molecule has 0 spiro atoms. The summed E-state index contributed by atoms with van der Waals surface area (Å²) in [5, 5.41) is 7.84. The molecule has 0 saturated heterocycles. The molecule has 1 aromatic heterocycles. The summed E-state index contributed by atoms with van der Waals surface area (Å²) in [7, 11) is 0. The first-order valence-electron chi connectivity index (χ1n) is 11.8. The van der Waals surface area contributed by atoms with Crippen LogP contribution in [-0.4, -0.2) is 28.4 Å². The standard InChI is InChI=1S/C28H26BrIN4O3/c1-4-18(3)27-33-24-11-8-20(29)14-22(24)28(36)34(27)31-15-19-7-12-25(23(30)13-19)37-16-26(35)32-21-9-5-17(2)6-10-21/h5-15,18H,4,16H2,1-3H3,(H,32,35)/t18-/m0/s1. The van der Waals surface area contributed by atoms with Crippen molar-refractivity contribution >= 4 is 67.2 Å². The Balaban J connectivity index is 1.52. The molecule has 0 radical (unpaired) electrons. The van der Waals surface area contributed by atoms with Crippen molar-refractivity contribution in [2.45, 2.75) is 33.1 Å². The fourth-order valence-corrected chi connectivity index (χ4v) is 4.65. The van der Waals surface area contributed by atoms with Crippen LogP contribution in [-0.2, 0) is 4.79 Å². The van der Waals surface area contributed by atoms with Crippen molar-refractivity contribution in [3.63, 3.8) is 0 Å². The third-order valence-corrected chi connectivity index (χ3v) is 7.20. The molecule has 0 saturated carbocycles. The van der Waals surface area contributed by atoms with Crippen molar-refractivity contribution < 1.29 is 9.53 Å². The molecule has 1 amide bonds. The van der Waals surface area contributed by atoms with E-state index in [1.165, 1.54) is 4.68 Å². The Kier molecular flexibility index (Phi) is 8.75. The first-order chi connectivity index (χ1) is 17.7. The van der Waals surface area contributed by atoms with Gasteiger partial charge < -0.3 is 10.1 Å². The second kappa shape index (κ2) is 12.0. The highest BCUT2D eigenvalue weighted by Crippen LogP contribution is 2.23. The van der Waals surface area contributed by atoms with E-state index in [4.69, 9.17) is 9.72 Å². The van der Waals surface area contributed by atoms with Crippen molar-refractivity contribution in [1.29, 1.82) is 0 Å². The summed E-state index contributed by atoms with van der Waals surface area (Å²) in [4.78, 5) is 30.3. The number of ether oxygens (including phenoxy) is 1. The van der Waals surface area contributed by atoms with E-state index in [9.17, 15) is 9.59 Å². The number of aromatic nitrogens is 2. The van der Waals surface area contributed by atoms with Gasteiger partial charge in [0.1, 0.15) is 11.6 Å². The first kappa shape index (κ1) is 27.0. The van der Waals surface area contributed by atoms with Crippen LogP contribution in [0.3, 0.4) is 0 Å². The summed E-state index contributed by atoms with van der Waals surface area (Å²) >= 11 is 5.59. The number of carbonyl (C=O) groups is 1. The van der Waals surface area contributed by atoms with Crippen LogP contribution in [0.1, 0.15) is 43.1 Å². The highest BCUT2D eigenvalue weighted by molar-refractivity contribution is 14.1. The zero-order valence-corrected chi connectivity index (χ0v) is 24.4. The van der Waals surface area contributed by atoms with Crippen LogP contribution >= 0.6 is 38.5 Å². The van der Waals surface area contributed by atoms with Crippen molar-refractivity contribution in [1.82, 2.24) is 9.66 Å². The first-order valence-corrected chi connectivity index (χ1v) is 13.7. The summed E-state index contributed by atoms with van der Waals surface area (Å²) in [6.07, 6.45) is 2.46. The molecular formula is C28H26BrIN4O3. The second-order valence-corrected chi connectivity index (χ2v) is 10.8. The van der Waals surface area contributed by atoms with Crippen LogP contribution in [0.15, 0.2) is 75.0 Å². The molecule has 0 aliphatic rings. The van der Waals surface area contributed by atoms with Gasteiger partial charge in [-0.15, -0.1) is 0 Å². The zero-order valence-electron chi connectivity index (χ0n) is 20.7. The number of nitrogens with zero attached hydrogens (tertiary/aromatic N) is 3. The predicted molar refractivity (Wildman–Crippen MR) is 160 cm³/mol. The molecule has 1 atom stereocenters. The maximum Gasteiger partial charge on any atom is 0.282 e. The van der Waals surface area contributed by atoms with E-state index < -0.39 is 0 Å². The second-order valence-electron chi connectivity index (χ2n) is 8.70. The largest absolute Gasteiger partial charge is 0.483 e. The maximum atomic E-state index is 13.3. The summed E-state index contributed by atoms with van der Waals surface area (Å²) in [5.41, 5.74) is 3.07. The SMILES string of the molecule is CC[C@H](C)c1nc2ccc(Br)cc2c(=O)n1N=Cc1ccc(OCC(=O)Nc2ccc(C)cc2)c(I)c1. The Morgan fingerprint density at radius 2 is 1.95 bits per heavy atom. The lowest BCUT2D eigenvalue weighted by Gasteiger charge is -2.14. The summed E-state index contributed by atoms with van der Waals surface area (Å²) in [5.74, 6) is 1.02. The average Bonchev–Trinajstić information content (AvgIpc) is 2.88. The smallest absolute Gasteiger partial charge is 0.282 e. The van der Waals surface area contributed by atoms with Gasteiger partial charge in [0, 0.05) is 16.1 Å². The average molecular weight is 673 g/mol. The van der Waals surface area contributed by atoms with Gasteiger partial charge in [-0.1, -0.05) is 47.5 Å². The lowest BCUT2D eigenvalue weighted by atomic mass is 10.1. The minimum absolute atomic E-state index is 0.0554. The van der Waals surface area contributed by atoms with E-state index >= 15 is 0 Å². The molecule has 37 heavy (non-hydrogen) atoms. The fourth-order valence-electron chi connectivity index (χ4n) is 3.60. The minimum atomic E-state index is -0.238. The number of carbonyl (C=O) groups excluding carboxylic acids is 1. The Morgan fingerprint density at radius 3 is 2.65 bits per heavy atom. The normalized spacial score (nSPS) is 12.1. The van der Waals surface area contributed by atoms with Gasteiger partial charge in [0.15, 0.2) is 6.61 Å². The molecule has 0 fully saturated rings. The third kappa shape index (κ3) is 6.64. The maximum absolute atomic E-state index is 13.3. The minimum Gasteiger partial charge on any atom is -0.483 e. The number of fused-ring (bicyclic) bond motifs is 1. The van der Waals surface area contributed by atoms with Gasteiger partial charge in [0.25, 0.3) is 11.5 Å². The number of benzene rings is 3. The van der Waals surface area contributed by atoms with Crippen molar-refractivity contribution in [3.05, 3.63) is 96.0 Å². The number of hydrogen-bond acceptors (Lipinski definition) is 5. The Hall–Kier alpha value is -3.05. The molecule has 190 valence electrons. The monoisotopic (exact) mass is 672 g/mol. The van der Waals surface area contributed by atoms with Gasteiger partial charge >= 0.3 is 0 Å². The van der Waals surface area contributed by atoms with Crippen molar-refractivity contribution in [3.8, 4) is 5.75 Å². The molecule has 1 N–H and O–H groups in total. The van der Waals surface area contributed by atoms with Crippen LogP contribution in [0.5, 0.6) is 5.75 Å². The number of hydrogen-bond donors (Lipinski definition) is 1. The Morgan fingerprint density at radius 1 is 1.19 bits per heavy atom. The molecule has 1 heterocycles. The van der Waals surface area contributed by atoms with Gasteiger partial charge in [-0.3, -0.25) is 9.59 Å². The quantitative estimate of drug-likeness (QED) is 0.171. The lowest BCUT2D eigenvalue weighted by Crippen LogP contribution is -2.23. The van der Waals surface area contributed by atoms with Gasteiger partial charge in [0.05, 0.1) is 20.7 Å². The number of aryl methyl sites for hydroxylation is 1. The molecule has 0 aliphatic heterocycles. The van der Waals surface area contributed by atoms with E-state index in [0.29, 0.717) is 22.5 Å². The number of rotatable bonds is 8. The van der Waals surface area contributed by atoms with Crippen molar-refractivity contribution in [2.24, 2.45) is 5.10 Å². The summed E-state index contributed by atoms with van der Waals surface area (Å²) in [6.45, 7) is 5.97. The fraction of sp³-hybridized carbons (Fsp3) is 0.214. The third-order valence-electron chi connectivity index (χ3n) is 5.86. The topological polar surface area (TPSA) is 85.6 Å². The van der Waals surface area contributed by atoms with E-state index in [2.05, 4.69) is 55.9 Å². The van der Waals surface area contributed by atoms with E-state index in [0.717, 1.165) is 31.3 Å². The van der Waals surface area contributed by atoms with Gasteiger partial charge in [-0.25, -0.2) is 4.98 Å². The molecule has 0 unspecified atom stereocenters. The number of amides is 1. The zero-order chi connectivity index (χ0) is 26.5. The molecule has 3 aromatic carbocycles. The van der Waals surface area contributed by atoms with Gasteiger partial charge in [-0.05, 0) is 90.0 Å². The van der Waals surface area contributed by atoms with Crippen LogP contribution < -0.4 is 15.6 Å². The Bertz CT molecular complexity index is 1530. The molecule has 4 aromatic rings. The number of anilines is 1. The summed E-state index contributed by atoms with van der Waals surface area (Å²) in [6, 6.07) is 18.6. The molecule has 0 bridgehead atoms. The number of halogens is 2. The molecule has 9 heteroatoms. The van der Waals surface area contributed by atoms with Crippen LogP contribution in [0.25, 0.3) is 10.9 Å². The molecule has 0 aliphatic carbocycles. The van der Waals surface area contributed by atoms with E-state index in [-0.39, 0.29) is 24.0 Å².